The molecule has 1 saturated carbocycles. The fraction of sp³-hybridized carbons (Fsp3) is 0.533. The summed E-state index contributed by atoms with van der Waals surface area (Å²) in [6.45, 7) is 4.12. The number of hydrogen-bond acceptors (Lipinski definition) is 2. The number of rotatable bonds is 2. The summed E-state index contributed by atoms with van der Waals surface area (Å²) in [7, 11) is 0. The number of benzene rings is 1. The summed E-state index contributed by atoms with van der Waals surface area (Å²) in [6, 6.07) is 5.82. The quantitative estimate of drug-likeness (QED) is 0.788. The van der Waals surface area contributed by atoms with Gasteiger partial charge in [-0.3, -0.25) is 4.79 Å². The smallest absolute Gasteiger partial charge is 0.251 e. The number of nitrogens with two attached hydrogens (primary N) is 1. The average molecular weight is 246 g/mol. The summed E-state index contributed by atoms with van der Waals surface area (Å²) in [5, 5.41) is 3.16. The second-order valence-corrected chi connectivity index (χ2v) is 5.36. The molecule has 1 amide bonds. The zero-order valence-corrected chi connectivity index (χ0v) is 11.2. The van der Waals surface area contributed by atoms with Gasteiger partial charge in [-0.15, -0.1) is 0 Å². The minimum atomic E-state index is 0.0125. The lowest BCUT2D eigenvalue weighted by Crippen LogP contribution is -2.41. The van der Waals surface area contributed by atoms with Crippen LogP contribution in [-0.2, 0) is 0 Å². The Kier molecular flexibility index (Phi) is 3.90. The minimum Gasteiger partial charge on any atom is -0.398 e. The van der Waals surface area contributed by atoms with E-state index in [0.717, 1.165) is 12.0 Å². The van der Waals surface area contributed by atoms with Gasteiger partial charge in [0, 0.05) is 17.3 Å². The standard InChI is InChI=1S/C15H22N2O/c1-10-6-3-4-9-14(10)17-15(18)12-7-5-8-13(16)11(12)2/h5,7-8,10,14H,3-4,6,9,16H2,1-2H3,(H,17,18)/t10-,14-/m0/s1. The van der Waals surface area contributed by atoms with Crippen molar-refractivity contribution in [1.29, 1.82) is 0 Å². The van der Waals surface area contributed by atoms with Crippen molar-refractivity contribution >= 4 is 11.6 Å². The fourth-order valence-corrected chi connectivity index (χ4v) is 2.68. The SMILES string of the molecule is Cc1c(N)cccc1C(=O)N[C@H]1CCCC[C@@H]1C. The summed E-state index contributed by atoms with van der Waals surface area (Å²) in [4.78, 5) is 12.3. The van der Waals surface area contributed by atoms with Crippen molar-refractivity contribution in [2.24, 2.45) is 5.92 Å². The van der Waals surface area contributed by atoms with Gasteiger partial charge in [0.2, 0.25) is 0 Å². The van der Waals surface area contributed by atoms with Gasteiger partial charge in [-0.2, -0.15) is 0 Å². The van der Waals surface area contributed by atoms with Crippen molar-refractivity contribution in [1.82, 2.24) is 5.32 Å². The first-order valence-electron chi connectivity index (χ1n) is 6.75. The molecule has 3 N–H and O–H groups in total. The van der Waals surface area contributed by atoms with E-state index < -0.39 is 0 Å². The Balaban J connectivity index is 2.09. The van der Waals surface area contributed by atoms with Crippen LogP contribution in [0.5, 0.6) is 0 Å². The first kappa shape index (κ1) is 12.9. The molecular weight excluding hydrogens is 224 g/mol. The van der Waals surface area contributed by atoms with Crippen LogP contribution in [0.2, 0.25) is 0 Å². The summed E-state index contributed by atoms with van der Waals surface area (Å²) in [5.41, 5.74) is 8.09. The molecule has 2 atom stereocenters. The molecule has 0 bridgehead atoms. The Morgan fingerprint density at radius 3 is 2.78 bits per heavy atom. The minimum absolute atomic E-state index is 0.0125. The van der Waals surface area contributed by atoms with Crippen LogP contribution in [0.4, 0.5) is 5.69 Å². The zero-order chi connectivity index (χ0) is 13.1. The van der Waals surface area contributed by atoms with E-state index in [9.17, 15) is 4.79 Å². The molecule has 1 aromatic rings. The number of amides is 1. The second kappa shape index (κ2) is 5.42. The molecule has 0 unspecified atom stereocenters. The molecule has 0 aromatic heterocycles. The third-order valence-corrected chi connectivity index (χ3v) is 4.05. The lowest BCUT2D eigenvalue weighted by molar-refractivity contribution is 0.0909. The highest BCUT2D eigenvalue weighted by atomic mass is 16.1. The third-order valence-electron chi connectivity index (χ3n) is 4.05. The van der Waals surface area contributed by atoms with Gasteiger partial charge in [-0.05, 0) is 43.4 Å². The van der Waals surface area contributed by atoms with Crippen LogP contribution >= 0.6 is 0 Å². The summed E-state index contributed by atoms with van der Waals surface area (Å²) >= 11 is 0. The van der Waals surface area contributed by atoms with E-state index in [-0.39, 0.29) is 5.91 Å². The van der Waals surface area contributed by atoms with E-state index >= 15 is 0 Å². The molecule has 1 aliphatic rings. The van der Waals surface area contributed by atoms with Gasteiger partial charge in [-0.25, -0.2) is 0 Å². The molecule has 0 saturated heterocycles. The Morgan fingerprint density at radius 1 is 1.33 bits per heavy atom. The number of carbonyl (C=O) groups excluding carboxylic acids is 1. The molecule has 0 spiro atoms. The number of carbonyl (C=O) groups is 1. The molecule has 1 fully saturated rings. The van der Waals surface area contributed by atoms with Crippen LogP contribution < -0.4 is 11.1 Å². The van der Waals surface area contributed by atoms with Crippen LogP contribution in [-0.4, -0.2) is 11.9 Å². The monoisotopic (exact) mass is 246 g/mol. The molecule has 1 aromatic carbocycles. The normalized spacial score (nSPS) is 23.7. The lowest BCUT2D eigenvalue weighted by atomic mass is 9.85. The highest BCUT2D eigenvalue weighted by Gasteiger charge is 2.23. The summed E-state index contributed by atoms with van der Waals surface area (Å²) < 4.78 is 0. The van der Waals surface area contributed by atoms with E-state index in [4.69, 9.17) is 5.73 Å². The van der Waals surface area contributed by atoms with E-state index in [1.165, 1.54) is 19.3 Å². The number of nitrogen functional groups attached to an aromatic ring is 1. The van der Waals surface area contributed by atoms with Crippen molar-refractivity contribution in [2.45, 2.75) is 45.6 Å². The molecule has 0 aliphatic heterocycles. The Bertz CT molecular complexity index is 442. The predicted octanol–water partition coefficient (Wildman–Crippen LogP) is 2.89. The van der Waals surface area contributed by atoms with Crippen molar-refractivity contribution in [2.75, 3.05) is 5.73 Å². The average Bonchev–Trinajstić information content (AvgIpc) is 2.35. The maximum Gasteiger partial charge on any atom is 0.251 e. The first-order chi connectivity index (χ1) is 8.59. The fourth-order valence-electron chi connectivity index (χ4n) is 2.68. The topological polar surface area (TPSA) is 55.1 Å². The highest BCUT2D eigenvalue weighted by Crippen LogP contribution is 2.24. The highest BCUT2D eigenvalue weighted by molar-refractivity contribution is 5.97. The van der Waals surface area contributed by atoms with Crippen LogP contribution in [0.1, 0.15) is 48.5 Å². The molecular formula is C15H22N2O. The van der Waals surface area contributed by atoms with E-state index in [0.29, 0.717) is 23.2 Å². The van der Waals surface area contributed by atoms with Gasteiger partial charge >= 0.3 is 0 Å². The molecule has 98 valence electrons. The Labute approximate surface area is 109 Å². The maximum absolute atomic E-state index is 12.3. The molecule has 3 nitrogen and oxygen atoms in total. The Morgan fingerprint density at radius 2 is 2.06 bits per heavy atom. The molecule has 0 radical (unpaired) electrons. The number of anilines is 1. The largest absolute Gasteiger partial charge is 0.398 e. The van der Waals surface area contributed by atoms with Crippen molar-refractivity contribution in [3.05, 3.63) is 29.3 Å². The number of nitrogens with one attached hydrogen (secondary N) is 1. The van der Waals surface area contributed by atoms with Crippen LogP contribution in [0.15, 0.2) is 18.2 Å². The van der Waals surface area contributed by atoms with Crippen molar-refractivity contribution in [3.63, 3.8) is 0 Å². The third kappa shape index (κ3) is 2.66. The summed E-state index contributed by atoms with van der Waals surface area (Å²) in [5.74, 6) is 0.586. The van der Waals surface area contributed by atoms with Crippen LogP contribution in [0.25, 0.3) is 0 Å². The summed E-state index contributed by atoms with van der Waals surface area (Å²) in [6.07, 6.45) is 4.80. The van der Waals surface area contributed by atoms with Gasteiger partial charge in [0.05, 0.1) is 0 Å². The van der Waals surface area contributed by atoms with E-state index in [1.54, 1.807) is 0 Å². The molecule has 18 heavy (non-hydrogen) atoms. The molecule has 1 aliphatic carbocycles. The van der Waals surface area contributed by atoms with Gasteiger partial charge in [0.25, 0.3) is 5.91 Å². The van der Waals surface area contributed by atoms with Crippen LogP contribution in [0, 0.1) is 12.8 Å². The molecule has 2 rings (SSSR count). The number of hydrogen-bond donors (Lipinski definition) is 2. The second-order valence-electron chi connectivity index (χ2n) is 5.36. The van der Waals surface area contributed by atoms with Gasteiger partial charge in [0.15, 0.2) is 0 Å². The maximum atomic E-state index is 12.3. The Hall–Kier alpha value is -1.51. The molecule has 3 heteroatoms. The van der Waals surface area contributed by atoms with Crippen molar-refractivity contribution in [3.8, 4) is 0 Å². The van der Waals surface area contributed by atoms with Crippen molar-refractivity contribution < 1.29 is 4.79 Å². The molecule has 0 heterocycles. The zero-order valence-electron chi connectivity index (χ0n) is 11.2. The lowest BCUT2D eigenvalue weighted by Gasteiger charge is -2.29. The first-order valence-corrected chi connectivity index (χ1v) is 6.75. The van der Waals surface area contributed by atoms with Gasteiger partial charge < -0.3 is 11.1 Å². The van der Waals surface area contributed by atoms with Gasteiger partial charge in [0.1, 0.15) is 0 Å². The van der Waals surface area contributed by atoms with E-state index in [2.05, 4.69) is 12.2 Å². The van der Waals surface area contributed by atoms with E-state index in [1.807, 2.05) is 25.1 Å². The van der Waals surface area contributed by atoms with Crippen LogP contribution in [0.3, 0.4) is 0 Å². The van der Waals surface area contributed by atoms with Gasteiger partial charge in [-0.1, -0.05) is 25.8 Å². The predicted molar refractivity (Wildman–Crippen MR) is 74.5 cm³/mol.